The van der Waals surface area contributed by atoms with Crippen molar-refractivity contribution in [3.8, 4) is 0 Å². The van der Waals surface area contributed by atoms with E-state index in [1.807, 2.05) is 20.8 Å². The van der Waals surface area contributed by atoms with Crippen LogP contribution in [-0.2, 0) is 4.74 Å². The van der Waals surface area contributed by atoms with Gasteiger partial charge in [0.1, 0.15) is 10.2 Å². The average molecular weight is 384 g/mol. The summed E-state index contributed by atoms with van der Waals surface area (Å²) in [6.45, 7) is 6.72. The zero-order chi connectivity index (χ0) is 17.0. The van der Waals surface area contributed by atoms with Gasteiger partial charge in [0.2, 0.25) is 0 Å². The fraction of sp³-hybridized carbons (Fsp3) is 0.562. The number of nitrogens with one attached hydrogen (secondary N) is 1. The number of hydrogen-bond donors (Lipinski definition) is 1. The molecule has 0 saturated carbocycles. The first-order chi connectivity index (χ1) is 10.7. The van der Waals surface area contributed by atoms with E-state index in [0.29, 0.717) is 23.3 Å². The van der Waals surface area contributed by atoms with E-state index in [1.165, 1.54) is 6.20 Å². The fourth-order valence-electron chi connectivity index (χ4n) is 2.31. The fourth-order valence-corrected chi connectivity index (χ4v) is 2.55. The van der Waals surface area contributed by atoms with E-state index < -0.39 is 5.60 Å². The van der Waals surface area contributed by atoms with Crippen molar-refractivity contribution in [1.82, 2.24) is 15.2 Å². The van der Waals surface area contributed by atoms with E-state index in [9.17, 15) is 9.59 Å². The number of rotatable bonds is 2. The summed E-state index contributed by atoms with van der Waals surface area (Å²) in [5.41, 5.74) is 0.0410. The molecule has 23 heavy (non-hydrogen) atoms. The van der Waals surface area contributed by atoms with Crippen LogP contribution >= 0.6 is 15.9 Å². The van der Waals surface area contributed by atoms with Crippen molar-refractivity contribution >= 4 is 27.9 Å². The quantitative estimate of drug-likeness (QED) is 0.796. The summed E-state index contributed by atoms with van der Waals surface area (Å²) in [6, 6.07) is 3.52. The van der Waals surface area contributed by atoms with Gasteiger partial charge in [-0.2, -0.15) is 0 Å². The minimum Gasteiger partial charge on any atom is -0.444 e. The predicted octanol–water partition coefficient (Wildman–Crippen LogP) is 2.97. The topological polar surface area (TPSA) is 71.5 Å². The minimum absolute atomic E-state index is 0.0600. The molecule has 7 heteroatoms. The van der Waals surface area contributed by atoms with Crippen LogP contribution in [0.4, 0.5) is 4.79 Å². The maximum Gasteiger partial charge on any atom is 0.410 e. The van der Waals surface area contributed by atoms with Crippen molar-refractivity contribution in [2.45, 2.75) is 45.3 Å². The molecule has 1 fully saturated rings. The number of aromatic nitrogens is 1. The van der Waals surface area contributed by atoms with Crippen LogP contribution in [0.2, 0.25) is 0 Å². The number of amides is 2. The molecule has 1 N–H and O–H groups in total. The minimum atomic E-state index is -0.489. The molecule has 0 spiro atoms. The Bertz CT molecular complexity index is 561. The second-order valence-electron chi connectivity index (χ2n) is 6.58. The molecule has 2 rings (SSSR count). The highest BCUT2D eigenvalue weighted by Crippen LogP contribution is 2.16. The van der Waals surface area contributed by atoms with Gasteiger partial charge in [0.05, 0.1) is 5.56 Å². The van der Waals surface area contributed by atoms with E-state index in [2.05, 4.69) is 26.2 Å². The second-order valence-corrected chi connectivity index (χ2v) is 7.40. The van der Waals surface area contributed by atoms with Crippen molar-refractivity contribution in [1.29, 1.82) is 0 Å². The highest BCUT2D eigenvalue weighted by molar-refractivity contribution is 9.10. The van der Waals surface area contributed by atoms with Crippen molar-refractivity contribution in [3.05, 3.63) is 28.5 Å². The second kappa shape index (κ2) is 7.29. The molecule has 0 aromatic carbocycles. The molecule has 126 valence electrons. The molecule has 2 amide bonds. The Morgan fingerprint density at radius 1 is 1.30 bits per heavy atom. The molecule has 0 aliphatic carbocycles. The van der Waals surface area contributed by atoms with Gasteiger partial charge in [-0.15, -0.1) is 0 Å². The van der Waals surface area contributed by atoms with Crippen LogP contribution in [0.25, 0.3) is 0 Å². The molecule has 1 aromatic rings. The van der Waals surface area contributed by atoms with Gasteiger partial charge in [0.15, 0.2) is 0 Å². The third kappa shape index (κ3) is 5.49. The van der Waals surface area contributed by atoms with Gasteiger partial charge >= 0.3 is 6.09 Å². The molecule has 1 aliphatic rings. The Balaban J connectivity index is 1.81. The lowest BCUT2D eigenvalue weighted by Gasteiger charge is -2.33. The molecule has 0 radical (unpaired) electrons. The van der Waals surface area contributed by atoms with Crippen LogP contribution in [0.1, 0.15) is 44.0 Å². The molecule has 6 nitrogen and oxygen atoms in total. The number of ether oxygens (including phenoxy) is 1. The zero-order valence-corrected chi connectivity index (χ0v) is 15.2. The Morgan fingerprint density at radius 2 is 1.96 bits per heavy atom. The SMILES string of the molecule is CC(C)(C)OC(=O)N1CCC(NC(=O)c2ccc(Br)nc2)CC1. The first kappa shape index (κ1) is 17.7. The van der Waals surface area contributed by atoms with Gasteiger partial charge in [0, 0.05) is 25.3 Å². The summed E-state index contributed by atoms with van der Waals surface area (Å²) in [7, 11) is 0. The number of halogens is 1. The van der Waals surface area contributed by atoms with Crippen LogP contribution < -0.4 is 5.32 Å². The van der Waals surface area contributed by atoms with Crippen LogP contribution in [-0.4, -0.2) is 46.6 Å². The van der Waals surface area contributed by atoms with Crippen LogP contribution in [0.3, 0.4) is 0 Å². The standard InChI is InChI=1S/C16H22BrN3O3/c1-16(2,3)23-15(22)20-8-6-12(7-9-20)19-14(21)11-4-5-13(17)18-10-11/h4-5,10,12H,6-9H2,1-3H3,(H,19,21). The summed E-state index contributed by atoms with van der Waals surface area (Å²) < 4.78 is 6.06. The monoisotopic (exact) mass is 383 g/mol. The Hall–Kier alpha value is -1.63. The maximum absolute atomic E-state index is 12.2. The van der Waals surface area contributed by atoms with E-state index in [4.69, 9.17) is 4.74 Å². The zero-order valence-electron chi connectivity index (χ0n) is 13.6. The summed E-state index contributed by atoms with van der Waals surface area (Å²) in [5.74, 6) is -0.138. The molecule has 1 saturated heterocycles. The number of carbonyl (C=O) groups is 2. The summed E-state index contributed by atoms with van der Waals surface area (Å²) >= 11 is 3.24. The largest absolute Gasteiger partial charge is 0.444 e. The predicted molar refractivity (Wildman–Crippen MR) is 90.2 cm³/mol. The summed E-state index contributed by atoms with van der Waals surface area (Å²) in [6.07, 6.45) is 2.68. The van der Waals surface area contributed by atoms with Crippen molar-refractivity contribution < 1.29 is 14.3 Å². The number of pyridine rings is 1. The van der Waals surface area contributed by atoms with Gasteiger partial charge in [0.25, 0.3) is 5.91 Å². The number of nitrogens with zero attached hydrogens (tertiary/aromatic N) is 2. The Labute approximate surface area is 144 Å². The van der Waals surface area contributed by atoms with Gasteiger partial charge in [-0.1, -0.05) is 0 Å². The lowest BCUT2D eigenvalue weighted by atomic mass is 10.0. The normalized spacial score (nSPS) is 16.1. The van der Waals surface area contributed by atoms with E-state index >= 15 is 0 Å². The van der Waals surface area contributed by atoms with Crippen molar-refractivity contribution in [3.63, 3.8) is 0 Å². The number of hydrogen-bond acceptors (Lipinski definition) is 4. The number of carbonyl (C=O) groups excluding carboxylic acids is 2. The summed E-state index contributed by atoms with van der Waals surface area (Å²) in [5, 5.41) is 2.99. The Morgan fingerprint density at radius 3 is 2.48 bits per heavy atom. The molecule has 0 bridgehead atoms. The molecular weight excluding hydrogens is 362 g/mol. The highest BCUT2D eigenvalue weighted by atomic mass is 79.9. The van der Waals surface area contributed by atoms with Gasteiger partial charge in [-0.3, -0.25) is 4.79 Å². The van der Waals surface area contributed by atoms with E-state index in [-0.39, 0.29) is 18.0 Å². The van der Waals surface area contributed by atoms with Crippen LogP contribution in [0, 0.1) is 0 Å². The number of piperidine rings is 1. The molecule has 2 heterocycles. The molecular formula is C16H22BrN3O3. The van der Waals surface area contributed by atoms with Crippen LogP contribution in [0.15, 0.2) is 22.9 Å². The van der Waals surface area contributed by atoms with Gasteiger partial charge < -0.3 is 15.0 Å². The molecule has 0 unspecified atom stereocenters. The molecule has 1 aromatic heterocycles. The van der Waals surface area contributed by atoms with Gasteiger partial charge in [-0.05, 0) is 61.7 Å². The maximum atomic E-state index is 12.2. The van der Waals surface area contributed by atoms with Crippen LogP contribution in [0.5, 0.6) is 0 Å². The average Bonchev–Trinajstić information content (AvgIpc) is 2.46. The smallest absolute Gasteiger partial charge is 0.410 e. The number of likely N-dealkylation sites (tertiary alicyclic amines) is 1. The van der Waals surface area contributed by atoms with E-state index in [0.717, 1.165) is 12.8 Å². The van der Waals surface area contributed by atoms with Crippen molar-refractivity contribution in [2.24, 2.45) is 0 Å². The third-order valence-electron chi connectivity index (χ3n) is 3.47. The lowest BCUT2D eigenvalue weighted by molar-refractivity contribution is 0.0199. The third-order valence-corrected chi connectivity index (χ3v) is 3.94. The molecule has 1 aliphatic heterocycles. The Kier molecular flexibility index (Phi) is 5.62. The van der Waals surface area contributed by atoms with Crippen molar-refractivity contribution in [2.75, 3.05) is 13.1 Å². The first-order valence-corrected chi connectivity index (χ1v) is 8.44. The highest BCUT2D eigenvalue weighted by Gasteiger charge is 2.27. The summed E-state index contributed by atoms with van der Waals surface area (Å²) in [4.78, 5) is 29.9. The van der Waals surface area contributed by atoms with Gasteiger partial charge in [-0.25, -0.2) is 9.78 Å². The first-order valence-electron chi connectivity index (χ1n) is 7.65. The molecule has 0 atom stereocenters. The lowest BCUT2D eigenvalue weighted by Crippen LogP contribution is -2.47. The van der Waals surface area contributed by atoms with E-state index in [1.54, 1.807) is 17.0 Å².